The van der Waals surface area contributed by atoms with Crippen LogP contribution in [0.25, 0.3) is 0 Å². The van der Waals surface area contributed by atoms with Crippen LogP contribution in [0.2, 0.25) is 0 Å². The first-order valence-corrected chi connectivity index (χ1v) is 13.1. The van der Waals surface area contributed by atoms with E-state index in [2.05, 4.69) is 11.7 Å². The number of rotatable bonds is 11. The summed E-state index contributed by atoms with van der Waals surface area (Å²) in [6, 6.07) is 19.2. The van der Waals surface area contributed by atoms with Crippen LogP contribution in [0.1, 0.15) is 29.5 Å². The predicted molar refractivity (Wildman–Crippen MR) is 150 cm³/mol. The van der Waals surface area contributed by atoms with Crippen molar-refractivity contribution in [2.24, 2.45) is 0 Å². The van der Waals surface area contributed by atoms with Gasteiger partial charge in [0, 0.05) is 17.9 Å². The summed E-state index contributed by atoms with van der Waals surface area (Å²) in [7, 11) is 3.25. The standard InChI is InChI=1S/C30H32ClN2O5/c1-36-27-14-11-22(17-28(27)37-2)7-3-6-21-8-4-10-24(16-21)32-29(34)20-38-25-12-13-26-23(18-25)9-5-15-33(26)30(35)19-31/h4,6,8,10-14,16-18H,3,5,7,9,15,19-20H2,1-2H3,(H,32,34). The van der Waals surface area contributed by atoms with Crippen LogP contribution in [0, 0.1) is 6.42 Å². The third-order valence-electron chi connectivity index (χ3n) is 6.39. The molecule has 4 rings (SSSR count). The third-order valence-corrected chi connectivity index (χ3v) is 6.61. The molecule has 0 aliphatic carbocycles. The Morgan fingerprint density at radius 1 is 1.03 bits per heavy atom. The molecule has 1 aliphatic rings. The summed E-state index contributed by atoms with van der Waals surface area (Å²) in [6.07, 6.45) is 5.53. The van der Waals surface area contributed by atoms with Gasteiger partial charge in [-0.25, -0.2) is 0 Å². The number of hydrogen-bond donors (Lipinski definition) is 1. The fraction of sp³-hybridized carbons (Fsp3) is 0.300. The molecule has 0 fully saturated rings. The lowest BCUT2D eigenvalue weighted by molar-refractivity contribution is -0.118. The summed E-state index contributed by atoms with van der Waals surface area (Å²) in [5.41, 5.74) is 4.76. The third kappa shape index (κ3) is 6.98. The highest BCUT2D eigenvalue weighted by Gasteiger charge is 2.22. The number of nitrogens with one attached hydrogen (secondary N) is 1. The van der Waals surface area contributed by atoms with Crippen molar-refractivity contribution >= 4 is 34.8 Å². The van der Waals surface area contributed by atoms with E-state index in [9.17, 15) is 9.59 Å². The molecule has 1 aliphatic heterocycles. The zero-order valence-electron chi connectivity index (χ0n) is 21.7. The number of carbonyl (C=O) groups excluding carboxylic acids is 2. The highest BCUT2D eigenvalue weighted by atomic mass is 35.5. The van der Waals surface area contributed by atoms with Gasteiger partial charge in [-0.15, -0.1) is 11.6 Å². The maximum atomic E-state index is 12.5. The fourth-order valence-corrected chi connectivity index (χ4v) is 4.67. The van der Waals surface area contributed by atoms with E-state index in [1.165, 1.54) is 0 Å². The molecule has 2 amide bonds. The second-order valence-corrected chi connectivity index (χ2v) is 9.23. The van der Waals surface area contributed by atoms with Gasteiger partial charge >= 0.3 is 0 Å². The van der Waals surface area contributed by atoms with E-state index in [0.717, 1.165) is 53.8 Å². The van der Waals surface area contributed by atoms with Crippen molar-refractivity contribution < 1.29 is 23.8 Å². The molecular weight excluding hydrogens is 504 g/mol. The highest BCUT2D eigenvalue weighted by molar-refractivity contribution is 6.29. The second-order valence-electron chi connectivity index (χ2n) is 8.97. The number of halogens is 1. The van der Waals surface area contributed by atoms with Gasteiger partial charge in [0.05, 0.1) is 14.2 Å². The number of anilines is 2. The monoisotopic (exact) mass is 535 g/mol. The smallest absolute Gasteiger partial charge is 0.262 e. The normalized spacial score (nSPS) is 12.4. The van der Waals surface area contributed by atoms with Crippen molar-refractivity contribution in [2.75, 3.05) is 43.5 Å². The number of carbonyl (C=O) groups is 2. The number of aryl methyl sites for hydroxylation is 2. The van der Waals surface area contributed by atoms with Crippen LogP contribution >= 0.6 is 11.6 Å². The molecule has 3 aromatic rings. The van der Waals surface area contributed by atoms with E-state index in [0.29, 0.717) is 23.7 Å². The first kappa shape index (κ1) is 27.3. The van der Waals surface area contributed by atoms with Gasteiger partial charge in [0.15, 0.2) is 18.1 Å². The molecule has 8 heteroatoms. The van der Waals surface area contributed by atoms with Crippen molar-refractivity contribution in [1.82, 2.24) is 0 Å². The summed E-state index contributed by atoms with van der Waals surface area (Å²) in [6.45, 7) is 0.546. The van der Waals surface area contributed by atoms with Gasteiger partial charge in [-0.2, -0.15) is 0 Å². The van der Waals surface area contributed by atoms with Gasteiger partial charge < -0.3 is 24.4 Å². The van der Waals surface area contributed by atoms with E-state index in [4.69, 9.17) is 25.8 Å². The van der Waals surface area contributed by atoms with Gasteiger partial charge in [-0.05, 0) is 91.3 Å². The maximum absolute atomic E-state index is 12.5. The van der Waals surface area contributed by atoms with E-state index >= 15 is 0 Å². The molecular formula is C30H32ClN2O5. The van der Waals surface area contributed by atoms with Gasteiger partial charge in [-0.3, -0.25) is 9.59 Å². The number of ether oxygens (including phenoxy) is 3. The topological polar surface area (TPSA) is 77.1 Å². The molecule has 0 atom stereocenters. The molecule has 0 bridgehead atoms. The number of amides is 2. The van der Waals surface area contributed by atoms with Gasteiger partial charge in [-0.1, -0.05) is 18.2 Å². The Hall–Kier alpha value is -3.71. The van der Waals surface area contributed by atoms with Crippen LogP contribution in [0.15, 0.2) is 60.7 Å². The van der Waals surface area contributed by atoms with E-state index < -0.39 is 0 Å². The summed E-state index contributed by atoms with van der Waals surface area (Å²) in [5, 5.41) is 2.90. The molecule has 199 valence electrons. The van der Waals surface area contributed by atoms with Crippen LogP contribution in [0.3, 0.4) is 0 Å². The van der Waals surface area contributed by atoms with Crippen molar-refractivity contribution in [3.05, 3.63) is 83.8 Å². The van der Waals surface area contributed by atoms with Gasteiger partial charge in [0.25, 0.3) is 5.91 Å². The van der Waals surface area contributed by atoms with E-state index in [1.54, 1.807) is 25.2 Å². The quantitative estimate of drug-likeness (QED) is 0.332. The van der Waals surface area contributed by atoms with Crippen LogP contribution in [-0.4, -0.2) is 45.1 Å². The first-order valence-electron chi connectivity index (χ1n) is 12.6. The molecule has 38 heavy (non-hydrogen) atoms. The minimum Gasteiger partial charge on any atom is -0.493 e. The molecule has 1 radical (unpaired) electrons. The molecule has 1 N–H and O–H groups in total. The summed E-state index contributed by atoms with van der Waals surface area (Å²) >= 11 is 5.74. The first-order chi connectivity index (χ1) is 18.5. The van der Waals surface area contributed by atoms with Crippen LogP contribution in [-0.2, 0) is 22.4 Å². The van der Waals surface area contributed by atoms with Crippen molar-refractivity contribution in [3.8, 4) is 17.2 Å². The Morgan fingerprint density at radius 3 is 2.66 bits per heavy atom. The number of fused-ring (bicyclic) bond motifs is 1. The van der Waals surface area contributed by atoms with Crippen LogP contribution < -0.4 is 24.4 Å². The SMILES string of the molecule is COc1ccc(CC[CH]c2cccc(NC(=O)COc3ccc4c(c3)CCCN4C(=O)CCl)c2)cc1OC. The average Bonchev–Trinajstić information content (AvgIpc) is 2.95. The highest BCUT2D eigenvalue weighted by Crippen LogP contribution is 2.31. The summed E-state index contributed by atoms with van der Waals surface area (Å²) < 4.78 is 16.4. The molecule has 0 spiro atoms. The lowest BCUT2D eigenvalue weighted by Crippen LogP contribution is -2.36. The van der Waals surface area contributed by atoms with E-state index in [1.807, 2.05) is 54.6 Å². The number of nitrogens with zero attached hydrogens (tertiary/aromatic N) is 1. The Kier molecular flexibility index (Phi) is 9.49. The largest absolute Gasteiger partial charge is 0.493 e. The van der Waals surface area contributed by atoms with Crippen molar-refractivity contribution in [3.63, 3.8) is 0 Å². The van der Waals surface area contributed by atoms with Crippen LogP contribution in [0.4, 0.5) is 11.4 Å². The van der Waals surface area contributed by atoms with Gasteiger partial charge in [0.2, 0.25) is 5.91 Å². The lowest BCUT2D eigenvalue weighted by Gasteiger charge is -2.29. The molecule has 0 aromatic heterocycles. The average molecular weight is 536 g/mol. The molecule has 0 saturated heterocycles. The minimum absolute atomic E-state index is 0.0469. The molecule has 0 saturated carbocycles. The number of alkyl halides is 1. The number of benzene rings is 3. The fourth-order valence-electron chi connectivity index (χ4n) is 4.53. The Labute approximate surface area is 228 Å². The summed E-state index contributed by atoms with van der Waals surface area (Å²) in [4.78, 5) is 26.3. The number of methoxy groups -OCH3 is 2. The van der Waals surface area contributed by atoms with Crippen molar-refractivity contribution in [2.45, 2.75) is 25.7 Å². The van der Waals surface area contributed by atoms with Gasteiger partial charge in [0.1, 0.15) is 11.6 Å². The molecule has 0 unspecified atom stereocenters. The van der Waals surface area contributed by atoms with Crippen molar-refractivity contribution in [1.29, 1.82) is 0 Å². The molecule has 7 nitrogen and oxygen atoms in total. The number of hydrogen-bond acceptors (Lipinski definition) is 5. The maximum Gasteiger partial charge on any atom is 0.262 e. The minimum atomic E-state index is -0.246. The van der Waals surface area contributed by atoms with Crippen LogP contribution in [0.5, 0.6) is 17.2 Å². The zero-order chi connectivity index (χ0) is 26.9. The Bertz CT molecular complexity index is 1280. The Balaban J connectivity index is 1.27. The summed E-state index contributed by atoms with van der Waals surface area (Å²) in [5.74, 6) is 1.62. The lowest BCUT2D eigenvalue weighted by atomic mass is 10.0. The zero-order valence-corrected chi connectivity index (χ0v) is 22.4. The predicted octanol–water partition coefficient (Wildman–Crippen LogP) is 5.42. The Morgan fingerprint density at radius 2 is 1.87 bits per heavy atom. The second kappa shape index (κ2) is 13.2. The molecule has 1 heterocycles. The molecule has 3 aromatic carbocycles. The van der Waals surface area contributed by atoms with E-state index in [-0.39, 0.29) is 24.3 Å².